The molecule has 0 amide bonds. The van der Waals surface area contributed by atoms with E-state index >= 15 is 0 Å². The molecule has 1 saturated heterocycles. The number of hydrogen-bond acceptors (Lipinski definition) is 4. The lowest BCUT2D eigenvalue weighted by Gasteiger charge is -2.24. The molecule has 1 aliphatic carbocycles. The van der Waals surface area contributed by atoms with Crippen LogP contribution >= 0.6 is 0 Å². The number of hydrogen-bond donors (Lipinski definition) is 1. The molecule has 0 bridgehead atoms. The summed E-state index contributed by atoms with van der Waals surface area (Å²) in [7, 11) is 0. The second-order valence-electron chi connectivity index (χ2n) is 7.00. The van der Waals surface area contributed by atoms with Gasteiger partial charge in [-0.1, -0.05) is 24.6 Å². The molecule has 4 rings (SSSR count). The minimum atomic E-state index is -0.705. The maximum Gasteiger partial charge on any atom is 0.311 e. The topological polar surface area (TPSA) is 77.2 Å². The highest BCUT2D eigenvalue weighted by atomic mass is 16.4. The zero-order chi connectivity index (χ0) is 16.9. The summed E-state index contributed by atoms with van der Waals surface area (Å²) in [6.45, 7) is 3.06. The summed E-state index contributed by atoms with van der Waals surface area (Å²) in [5, 5.41) is 20.4. The highest BCUT2D eigenvalue weighted by molar-refractivity contribution is 5.87. The molecule has 0 radical (unpaired) electrons. The van der Waals surface area contributed by atoms with Gasteiger partial charge in [0.1, 0.15) is 11.9 Å². The van der Waals surface area contributed by atoms with Gasteiger partial charge in [0.25, 0.3) is 0 Å². The third-order valence-electron chi connectivity index (χ3n) is 5.84. The third-order valence-corrected chi connectivity index (χ3v) is 5.84. The number of aryl methyl sites for hydroxylation is 1. The van der Waals surface area contributed by atoms with Gasteiger partial charge in [0.2, 0.25) is 0 Å². The number of benzene rings is 1. The van der Waals surface area contributed by atoms with Crippen LogP contribution < -0.4 is 4.90 Å². The van der Waals surface area contributed by atoms with E-state index in [2.05, 4.69) is 6.07 Å². The van der Waals surface area contributed by atoms with Crippen LogP contribution in [0.5, 0.6) is 0 Å². The van der Waals surface area contributed by atoms with E-state index in [0.29, 0.717) is 24.5 Å². The van der Waals surface area contributed by atoms with Gasteiger partial charge in [0.05, 0.1) is 16.5 Å². The molecule has 1 aromatic carbocycles. The van der Waals surface area contributed by atoms with Gasteiger partial charge in [-0.15, -0.1) is 0 Å². The molecular weight excluding hydrogens is 302 g/mol. The minimum absolute atomic E-state index is 0.148. The van der Waals surface area contributed by atoms with Crippen LogP contribution in [-0.2, 0) is 4.79 Å². The van der Waals surface area contributed by atoms with E-state index in [4.69, 9.17) is 4.98 Å². The molecule has 5 nitrogen and oxygen atoms in total. The van der Waals surface area contributed by atoms with Gasteiger partial charge in [-0.3, -0.25) is 4.79 Å². The molecule has 1 aromatic heterocycles. The van der Waals surface area contributed by atoms with Gasteiger partial charge in [0.15, 0.2) is 0 Å². The number of aromatic nitrogens is 1. The number of para-hydroxylation sites is 1. The summed E-state index contributed by atoms with van der Waals surface area (Å²) >= 11 is 0. The highest BCUT2D eigenvalue weighted by Gasteiger charge is 2.55. The van der Waals surface area contributed by atoms with Gasteiger partial charge < -0.3 is 10.0 Å². The highest BCUT2D eigenvalue weighted by Crippen LogP contribution is 2.50. The quantitative estimate of drug-likeness (QED) is 0.919. The molecule has 1 saturated carbocycles. The van der Waals surface area contributed by atoms with Crippen molar-refractivity contribution in [2.24, 2.45) is 11.3 Å². The Bertz CT molecular complexity index is 886. The zero-order valence-corrected chi connectivity index (χ0v) is 13.6. The first-order chi connectivity index (χ1) is 11.6. The van der Waals surface area contributed by atoms with Crippen LogP contribution in [0.25, 0.3) is 10.9 Å². The fourth-order valence-electron chi connectivity index (χ4n) is 4.52. The van der Waals surface area contributed by atoms with Crippen LogP contribution in [0.3, 0.4) is 0 Å². The molecule has 122 valence electrons. The second-order valence-corrected chi connectivity index (χ2v) is 7.00. The first kappa shape index (κ1) is 14.9. The molecule has 2 atom stereocenters. The first-order valence-electron chi connectivity index (χ1n) is 8.34. The zero-order valence-electron chi connectivity index (χ0n) is 13.6. The van der Waals surface area contributed by atoms with Gasteiger partial charge in [-0.25, -0.2) is 4.98 Å². The van der Waals surface area contributed by atoms with Crippen LogP contribution in [0.1, 0.15) is 30.4 Å². The minimum Gasteiger partial charge on any atom is -0.481 e. The second kappa shape index (κ2) is 5.20. The van der Waals surface area contributed by atoms with Gasteiger partial charge in [-0.05, 0) is 37.3 Å². The Balaban J connectivity index is 1.83. The fourth-order valence-corrected chi connectivity index (χ4v) is 4.52. The number of anilines is 1. The number of rotatable bonds is 2. The van der Waals surface area contributed by atoms with Crippen molar-refractivity contribution in [1.29, 1.82) is 5.26 Å². The largest absolute Gasteiger partial charge is 0.481 e. The first-order valence-corrected chi connectivity index (χ1v) is 8.34. The van der Waals surface area contributed by atoms with Gasteiger partial charge in [0, 0.05) is 18.5 Å². The number of nitrogens with zero attached hydrogens (tertiary/aromatic N) is 3. The molecule has 24 heavy (non-hydrogen) atoms. The van der Waals surface area contributed by atoms with Crippen LogP contribution in [-0.4, -0.2) is 29.1 Å². The van der Waals surface area contributed by atoms with Crippen molar-refractivity contribution in [2.75, 3.05) is 18.0 Å². The maximum absolute atomic E-state index is 11.9. The summed E-state index contributed by atoms with van der Waals surface area (Å²) < 4.78 is 0. The molecule has 1 aliphatic heterocycles. The molecule has 0 unspecified atom stereocenters. The Hall–Kier alpha value is -2.61. The Morgan fingerprint density at radius 1 is 1.46 bits per heavy atom. The Morgan fingerprint density at radius 2 is 2.25 bits per heavy atom. The SMILES string of the molecule is Cc1c(C#N)c(N2C[C@@H]3CCC[C@@]3(C(=O)O)C2)nc2ccccc12. The van der Waals surface area contributed by atoms with E-state index in [1.54, 1.807) is 0 Å². The molecule has 2 aliphatic rings. The number of pyridine rings is 1. The van der Waals surface area contributed by atoms with E-state index < -0.39 is 11.4 Å². The van der Waals surface area contributed by atoms with E-state index in [0.717, 1.165) is 35.7 Å². The van der Waals surface area contributed by atoms with E-state index in [1.807, 2.05) is 36.1 Å². The lowest BCUT2D eigenvalue weighted by Crippen LogP contribution is -2.36. The summed E-state index contributed by atoms with van der Waals surface area (Å²) in [6.07, 6.45) is 2.63. The van der Waals surface area contributed by atoms with E-state index in [1.165, 1.54) is 0 Å². The van der Waals surface area contributed by atoms with Crippen LogP contribution in [0, 0.1) is 29.6 Å². The fraction of sp³-hybridized carbons (Fsp3) is 0.421. The van der Waals surface area contributed by atoms with Crippen LogP contribution in [0.4, 0.5) is 5.82 Å². The number of nitriles is 1. The molecule has 1 N–H and O–H groups in total. The van der Waals surface area contributed by atoms with Crippen molar-refractivity contribution in [3.05, 3.63) is 35.4 Å². The van der Waals surface area contributed by atoms with Gasteiger partial charge >= 0.3 is 5.97 Å². The lowest BCUT2D eigenvalue weighted by molar-refractivity contribution is -0.149. The van der Waals surface area contributed by atoms with Crippen molar-refractivity contribution >= 4 is 22.7 Å². The van der Waals surface area contributed by atoms with Crippen molar-refractivity contribution in [1.82, 2.24) is 4.98 Å². The Kier molecular flexibility index (Phi) is 3.24. The van der Waals surface area contributed by atoms with Crippen molar-refractivity contribution in [2.45, 2.75) is 26.2 Å². The number of carboxylic acid groups (broad SMARTS) is 1. The normalized spacial score (nSPS) is 25.7. The molecular formula is C19H19N3O2. The standard InChI is InChI=1S/C19H19N3O2/c1-12-14-6-2-3-7-16(14)21-17(15(12)9-20)22-10-13-5-4-8-19(13,11-22)18(23)24/h2-3,6-7,13H,4-5,8,10-11H2,1H3,(H,23,24)/t13-,19+/m0/s1. The molecule has 0 spiro atoms. The predicted molar refractivity (Wildman–Crippen MR) is 90.8 cm³/mol. The molecule has 5 heteroatoms. The third kappa shape index (κ3) is 1.92. The van der Waals surface area contributed by atoms with Crippen molar-refractivity contribution < 1.29 is 9.90 Å². The Labute approximate surface area is 140 Å². The number of aliphatic carboxylic acids is 1. The maximum atomic E-state index is 11.9. The van der Waals surface area contributed by atoms with Crippen LogP contribution in [0.15, 0.2) is 24.3 Å². The van der Waals surface area contributed by atoms with E-state index in [9.17, 15) is 15.2 Å². The smallest absolute Gasteiger partial charge is 0.311 e. The van der Waals surface area contributed by atoms with Crippen molar-refractivity contribution in [3.8, 4) is 6.07 Å². The van der Waals surface area contributed by atoms with Crippen LogP contribution in [0.2, 0.25) is 0 Å². The average molecular weight is 321 g/mol. The summed E-state index contributed by atoms with van der Waals surface area (Å²) in [4.78, 5) is 18.6. The summed E-state index contributed by atoms with van der Waals surface area (Å²) in [6, 6.07) is 10.1. The predicted octanol–water partition coefficient (Wildman–Crippen LogP) is 3.11. The summed E-state index contributed by atoms with van der Waals surface area (Å²) in [5.41, 5.74) is 1.66. The lowest BCUT2D eigenvalue weighted by atomic mass is 9.81. The molecule has 2 heterocycles. The monoisotopic (exact) mass is 321 g/mol. The van der Waals surface area contributed by atoms with Gasteiger partial charge in [-0.2, -0.15) is 5.26 Å². The Morgan fingerprint density at radius 3 is 2.96 bits per heavy atom. The molecule has 2 aromatic rings. The number of carbonyl (C=O) groups is 1. The summed E-state index contributed by atoms with van der Waals surface area (Å²) in [5.74, 6) is 0.0855. The average Bonchev–Trinajstić information content (AvgIpc) is 3.13. The molecule has 2 fully saturated rings. The van der Waals surface area contributed by atoms with Crippen molar-refractivity contribution in [3.63, 3.8) is 0 Å². The number of carboxylic acids is 1. The van der Waals surface area contributed by atoms with E-state index in [-0.39, 0.29) is 5.92 Å². The number of fused-ring (bicyclic) bond motifs is 2.